The number of nitrogens with two attached hydrogens (primary N) is 2. The van der Waals surface area contributed by atoms with Gasteiger partial charge in [0.25, 0.3) is 11.8 Å². The molecule has 0 radical (unpaired) electrons. The van der Waals surface area contributed by atoms with Crippen LogP contribution in [0.5, 0.6) is 0 Å². The Labute approximate surface area is 194 Å². The first-order chi connectivity index (χ1) is 15.7. The van der Waals surface area contributed by atoms with E-state index in [1.807, 2.05) is 31.2 Å². The van der Waals surface area contributed by atoms with Gasteiger partial charge in [-0.15, -0.1) is 0 Å². The maximum atomic E-state index is 12.7. The Bertz CT molecular complexity index is 1150. The van der Waals surface area contributed by atoms with Crippen molar-refractivity contribution in [3.63, 3.8) is 0 Å². The molecular weight excluding hydrogens is 412 g/mol. The van der Waals surface area contributed by atoms with Gasteiger partial charge in [-0.3, -0.25) is 9.59 Å². The van der Waals surface area contributed by atoms with Gasteiger partial charge in [-0.25, -0.2) is 0 Å². The van der Waals surface area contributed by atoms with Crippen molar-refractivity contribution >= 4 is 23.2 Å². The number of allylic oxidation sites excluding steroid dienone is 8. The summed E-state index contributed by atoms with van der Waals surface area (Å²) in [5, 5.41) is 5.83. The van der Waals surface area contributed by atoms with Crippen LogP contribution >= 0.6 is 0 Å². The zero-order chi connectivity index (χ0) is 24.0. The smallest absolute Gasteiger partial charge is 0.255 e. The lowest BCUT2D eigenvalue weighted by atomic mass is 9.88. The molecule has 0 fully saturated rings. The molecule has 0 saturated heterocycles. The van der Waals surface area contributed by atoms with Crippen LogP contribution in [0, 0.1) is 5.92 Å². The number of nitrogens with one attached hydrogen (secondary N) is 2. The first-order valence-corrected chi connectivity index (χ1v) is 10.8. The van der Waals surface area contributed by atoms with E-state index in [4.69, 9.17) is 11.5 Å². The molecule has 1 aliphatic rings. The van der Waals surface area contributed by atoms with Gasteiger partial charge in [-0.05, 0) is 92.1 Å². The van der Waals surface area contributed by atoms with Crippen LogP contribution in [-0.2, 0) is 0 Å². The molecule has 2 aromatic carbocycles. The highest BCUT2D eigenvalue weighted by molar-refractivity contribution is 6.04. The van der Waals surface area contributed by atoms with Crippen LogP contribution in [0.3, 0.4) is 0 Å². The summed E-state index contributed by atoms with van der Waals surface area (Å²) in [7, 11) is 0. The molecule has 6 heteroatoms. The Balaban J connectivity index is 1.63. The van der Waals surface area contributed by atoms with E-state index in [1.165, 1.54) is 5.57 Å². The number of benzene rings is 2. The van der Waals surface area contributed by atoms with Crippen LogP contribution in [0.15, 0.2) is 95.4 Å². The average molecular weight is 443 g/mol. The molecule has 2 aromatic rings. The van der Waals surface area contributed by atoms with E-state index >= 15 is 0 Å². The van der Waals surface area contributed by atoms with E-state index in [1.54, 1.807) is 48.5 Å². The van der Waals surface area contributed by atoms with Gasteiger partial charge in [0.1, 0.15) is 0 Å². The van der Waals surface area contributed by atoms with E-state index in [2.05, 4.69) is 24.5 Å². The van der Waals surface area contributed by atoms with Gasteiger partial charge in [0.05, 0.1) is 0 Å². The predicted octanol–water partition coefficient (Wildman–Crippen LogP) is 4.91. The van der Waals surface area contributed by atoms with E-state index in [0.29, 0.717) is 22.5 Å². The third-order valence-electron chi connectivity index (χ3n) is 5.46. The number of nitrogen functional groups attached to an aromatic ring is 1. The normalized spacial score (nSPS) is 16.5. The molecule has 0 heterocycles. The summed E-state index contributed by atoms with van der Waals surface area (Å²) in [5.41, 5.74) is 17.6. The van der Waals surface area contributed by atoms with Gasteiger partial charge >= 0.3 is 0 Å². The molecule has 3 rings (SSSR count). The molecule has 1 aliphatic carbocycles. The van der Waals surface area contributed by atoms with Crippen LogP contribution < -0.4 is 22.1 Å². The predicted molar refractivity (Wildman–Crippen MR) is 134 cm³/mol. The molecule has 6 N–H and O–H groups in total. The fourth-order valence-electron chi connectivity index (χ4n) is 3.43. The van der Waals surface area contributed by atoms with Crippen LogP contribution in [0.2, 0.25) is 0 Å². The molecule has 0 spiro atoms. The monoisotopic (exact) mass is 442 g/mol. The quantitative estimate of drug-likeness (QED) is 0.376. The van der Waals surface area contributed by atoms with Gasteiger partial charge < -0.3 is 22.1 Å². The Hall–Kier alpha value is -4.06. The summed E-state index contributed by atoms with van der Waals surface area (Å²) in [6.45, 7) is 6.00. The summed E-state index contributed by atoms with van der Waals surface area (Å²) in [4.78, 5) is 25.1. The lowest BCUT2D eigenvalue weighted by molar-refractivity contribution is 0.0961. The summed E-state index contributed by atoms with van der Waals surface area (Å²) in [6.07, 6.45) is 8.74. The number of anilines is 2. The fraction of sp³-hybridized carbons (Fsp3) is 0.185. The summed E-state index contributed by atoms with van der Waals surface area (Å²) in [5.74, 6) is -0.244. The number of carbonyl (C=O) groups excluding carboxylic acids is 2. The topological polar surface area (TPSA) is 110 Å². The first-order valence-electron chi connectivity index (χ1n) is 10.8. The highest BCUT2D eigenvalue weighted by atomic mass is 16.2. The lowest BCUT2D eigenvalue weighted by Gasteiger charge is -2.23. The second kappa shape index (κ2) is 10.5. The van der Waals surface area contributed by atoms with Crippen molar-refractivity contribution in [3.05, 3.63) is 107 Å². The highest BCUT2D eigenvalue weighted by Crippen LogP contribution is 2.28. The highest BCUT2D eigenvalue weighted by Gasteiger charge is 2.18. The van der Waals surface area contributed by atoms with Gasteiger partial charge in [0.2, 0.25) is 0 Å². The third kappa shape index (κ3) is 6.46. The van der Waals surface area contributed by atoms with Crippen molar-refractivity contribution in [2.45, 2.75) is 27.2 Å². The summed E-state index contributed by atoms with van der Waals surface area (Å²) in [6, 6.07) is 13.5. The largest absolute Gasteiger partial charge is 0.402 e. The number of hydrogen-bond acceptors (Lipinski definition) is 4. The Kier molecular flexibility index (Phi) is 7.51. The molecule has 170 valence electrons. The molecular formula is C27H30N4O2. The second-order valence-corrected chi connectivity index (χ2v) is 8.29. The number of hydrogen-bond donors (Lipinski definition) is 4. The zero-order valence-electron chi connectivity index (χ0n) is 19.2. The minimum atomic E-state index is -0.238. The van der Waals surface area contributed by atoms with Crippen molar-refractivity contribution < 1.29 is 9.59 Å². The van der Waals surface area contributed by atoms with Crippen molar-refractivity contribution in [2.75, 3.05) is 11.1 Å². The lowest BCUT2D eigenvalue weighted by Crippen LogP contribution is -2.27. The molecule has 0 bridgehead atoms. The van der Waals surface area contributed by atoms with Crippen LogP contribution in [0.4, 0.5) is 11.4 Å². The molecule has 0 unspecified atom stereocenters. The van der Waals surface area contributed by atoms with E-state index < -0.39 is 0 Å². The van der Waals surface area contributed by atoms with Crippen molar-refractivity contribution in [1.29, 1.82) is 0 Å². The van der Waals surface area contributed by atoms with Gasteiger partial charge in [-0.2, -0.15) is 0 Å². The minimum absolute atomic E-state index is 0.179. The first kappa shape index (κ1) is 23.6. The molecule has 0 aliphatic heterocycles. The minimum Gasteiger partial charge on any atom is -0.402 e. The number of carbonyl (C=O) groups is 2. The van der Waals surface area contributed by atoms with Crippen molar-refractivity contribution in [1.82, 2.24) is 5.32 Å². The van der Waals surface area contributed by atoms with Crippen LogP contribution in [0.25, 0.3) is 0 Å². The average Bonchev–Trinajstić information content (AvgIpc) is 2.79. The van der Waals surface area contributed by atoms with Gasteiger partial charge in [0.15, 0.2) is 0 Å². The van der Waals surface area contributed by atoms with Crippen molar-refractivity contribution in [2.24, 2.45) is 11.7 Å². The zero-order valence-corrected chi connectivity index (χ0v) is 19.2. The maximum Gasteiger partial charge on any atom is 0.255 e. The SMILES string of the molecule is C/C(N)=C\C=C(/C)C1=CC=C(NC(=O)c2ccc(NC(=O)c3ccc(N)cc3)cc2)[C@@H](C)C1. The summed E-state index contributed by atoms with van der Waals surface area (Å²) < 4.78 is 0. The second-order valence-electron chi connectivity index (χ2n) is 8.29. The molecule has 0 aromatic heterocycles. The summed E-state index contributed by atoms with van der Waals surface area (Å²) >= 11 is 0. The standard InChI is InChI=1S/C27H30N4O2/c1-17(4-5-19(3)28)22-10-15-25(18(2)16-22)31-27(33)21-8-13-24(14-9-21)30-26(32)20-6-11-23(29)12-7-20/h4-15,18H,16,28-29H2,1-3H3,(H,30,32)(H,31,33)/b17-4+,19-5+/t18-/m0/s1. The number of amides is 2. The van der Waals surface area contributed by atoms with E-state index in [0.717, 1.165) is 23.4 Å². The van der Waals surface area contributed by atoms with Crippen LogP contribution in [-0.4, -0.2) is 11.8 Å². The molecule has 0 saturated carbocycles. The van der Waals surface area contributed by atoms with Gasteiger partial charge in [-0.1, -0.05) is 19.1 Å². The molecule has 6 nitrogen and oxygen atoms in total. The fourth-order valence-corrected chi connectivity index (χ4v) is 3.43. The maximum absolute atomic E-state index is 12.7. The number of rotatable bonds is 6. The van der Waals surface area contributed by atoms with Crippen molar-refractivity contribution in [3.8, 4) is 0 Å². The van der Waals surface area contributed by atoms with E-state index in [9.17, 15) is 9.59 Å². The van der Waals surface area contributed by atoms with E-state index in [-0.39, 0.29) is 17.7 Å². The third-order valence-corrected chi connectivity index (χ3v) is 5.46. The molecule has 2 amide bonds. The Morgan fingerprint density at radius 1 is 0.879 bits per heavy atom. The molecule has 1 atom stereocenters. The Morgan fingerprint density at radius 2 is 1.45 bits per heavy atom. The van der Waals surface area contributed by atoms with Gasteiger partial charge in [0, 0.05) is 39.8 Å². The Morgan fingerprint density at radius 3 is 2.03 bits per heavy atom. The molecule has 33 heavy (non-hydrogen) atoms. The van der Waals surface area contributed by atoms with Crippen LogP contribution in [0.1, 0.15) is 47.9 Å².